The molecule has 4 heteroatoms. The number of rotatable bonds is 4. The first kappa shape index (κ1) is 10.9. The van der Waals surface area contributed by atoms with Crippen LogP contribution >= 0.6 is 0 Å². The molecule has 4 nitrogen and oxygen atoms in total. The third-order valence-corrected chi connectivity index (χ3v) is 1.58. The van der Waals surface area contributed by atoms with E-state index in [1.54, 1.807) is 11.8 Å². The van der Waals surface area contributed by atoms with E-state index in [1.165, 1.54) is 0 Å². The van der Waals surface area contributed by atoms with E-state index in [1.807, 2.05) is 13.8 Å². The third kappa shape index (κ3) is 3.95. The van der Waals surface area contributed by atoms with Crippen LogP contribution in [0.25, 0.3) is 0 Å². The largest absolute Gasteiger partial charge is 0.388 e. The third-order valence-electron chi connectivity index (χ3n) is 1.58. The molecule has 0 bridgehead atoms. The Morgan fingerprint density at radius 1 is 1.42 bits per heavy atom. The number of aliphatic imine (C=N–C) groups is 1. The van der Waals surface area contributed by atoms with Crippen molar-refractivity contribution in [2.75, 3.05) is 19.6 Å². The maximum Gasteiger partial charge on any atom is 0.244 e. The van der Waals surface area contributed by atoms with Crippen molar-refractivity contribution in [2.24, 2.45) is 10.7 Å². The van der Waals surface area contributed by atoms with Gasteiger partial charge in [0.15, 0.2) is 0 Å². The van der Waals surface area contributed by atoms with Gasteiger partial charge in [0.1, 0.15) is 6.54 Å². The van der Waals surface area contributed by atoms with Gasteiger partial charge in [-0.3, -0.25) is 9.79 Å². The standard InChI is InChI=1S/C8H17N3O/c1-4-11(5-2)8(12)6-10-7(3)9/h4-6H2,1-3H3,(H2,9,10). The van der Waals surface area contributed by atoms with Crippen LogP contribution in [-0.2, 0) is 4.79 Å². The van der Waals surface area contributed by atoms with Gasteiger partial charge in [0.25, 0.3) is 0 Å². The summed E-state index contributed by atoms with van der Waals surface area (Å²) in [4.78, 5) is 16.8. The highest BCUT2D eigenvalue weighted by Gasteiger charge is 2.07. The number of hydrogen-bond donors (Lipinski definition) is 1. The number of amides is 1. The van der Waals surface area contributed by atoms with Crippen LogP contribution in [0.2, 0.25) is 0 Å². The summed E-state index contributed by atoms with van der Waals surface area (Å²) in [7, 11) is 0. The second-order valence-corrected chi connectivity index (χ2v) is 2.52. The molecule has 0 aromatic carbocycles. The fourth-order valence-electron chi connectivity index (χ4n) is 0.869. The van der Waals surface area contributed by atoms with Crippen LogP contribution in [-0.4, -0.2) is 36.3 Å². The van der Waals surface area contributed by atoms with Crippen LogP contribution in [0.3, 0.4) is 0 Å². The molecule has 0 aliphatic carbocycles. The maximum absolute atomic E-state index is 11.3. The predicted octanol–water partition coefficient (Wildman–Crippen LogP) is 0.232. The van der Waals surface area contributed by atoms with Crippen molar-refractivity contribution in [3.63, 3.8) is 0 Å². The van der Waals surface area contributed by atoms with Gasteiger partial charge in [-0.05, 0) is 20.8 Å². The first-order valence-electron chi connectivity index (χ1n) is 4.16. The number of likely N-dealkylation sites (N-methyl/N-ethyl adjacent to an activating group) is 1. The highest BCUT2D eigenvalue weighted by atomic mass is 16.2. The molecule has 0 rings (SSSR count). The molecule has 0 aromatic rings. The molecule has 0 aliphatic rings. The van der Waals surface area contributed by atoms with Gasteiger partial charge < -0.3 is 10.6 Å². The second-order valence-electron chi connectivity index (χ2n) is 2.52. The lowest BCUT2D eigenvalue weighted by Gasteiger charge is -2.16. The molecule has 0 spiro atoms. The molecule has 0 atom stereocenters. The Balaban J connectivity index is 3.93. The van der Waals surface area contributed by atoms with Crippen LogP contribution in [0.5, 0.6) is 0 Å². The highest BCUT2D eigenvalue weighted by Crippen LogP contribution is 1.89. The minimum atomic E-state index is 0.0322. The lowest BCUT2D eigenvalue weighted by molar-refractivity contribution is -0.129. The molecule has 0 saturated carbocycles. The topological polar surface area (TPSA) is 58.7 Å². The summed E-state index contributed by atoms with van der Waals surface area (Å²) >= 11 is 0. The molecule has 0 radical (unpaired) electrons. The van der Waals surface area contributed by atoms with E-state index >= 15 is 0 Å². The van der Waals surface area contributed by atoms with Crippen LogP contribution in [0.4, 0.5) is 0 Å². The highest BCUT2D eigenvalue weighted by molar-refractivity contribution is 5.83. The maximum atomic E-state index is 11.3. The molecule has 0 heterocycles. The molecule has 70 valence electrons. The number of carbonyl (C=O) groups is 1. The summed E-state index contributed by atoms with van der Waals surface area (Å²) in [6.07, 6.45) is 0. The Labute approximate surface area is 73.5 Å². The molecular weight excluding hydrogens is 154 g/mol. The van der Waals surface area contributed by atoms with Crippen molar-refractivity contribution in [2.45, 2.75) is 20.8 Å². The summed E-state index contributed by atoms with van der Waals surface area (Å²) in [5.41, 5.74) is 5.30. The Morgan fingerprint density at radius 3 is 2.25 bits per heavy atom. The Morgan fingerprint density at radius 2 is 1.92 bits per heavy atom. The van der Waals surface area contributed by atoms with Crippen molar-refractivity contribution in [1.82, 2.24) is 4.90 Å². The van der Waals surface area contributed by atoms with Crippen LogP contribution in [0, 0.1) is 0 Å². The zero-order valence-electron chi connectivity index (χ0n) is 8.00. The van der Waals surface area contributed by atoms with Gasteiger partial charge in [0, 0.05) is 13.1 Å². The number of hydrogen-bond acceptors (Lipinski definition) is 2. The van der Waals surface area contributed by atoms with E-state index < -0.39 is 0 Å². The van der Waals surface area contributed by atoms with E-state index in [4.69, 9.17) is 5.73 Å². The zero-order chi connectivity index (χ0) is 9.56. The molecule has 0 saturated heterocycles. The van der Waals surface area contributed by atoms with Crippen LogP contribution in [0.1, 0.15) is 20.8 Å². The average Bonchev–Trinajstić information content (AvgIpc) is 2.03. The van der Waals surface area contributed by atoms with E-state index in [-0.39, 0.29) is 12.5 Å². The van der Waals surface area contributed by atoms with Gasteiger partial charge in [-0.2, -0.15) is 0 Å². The summed E-state index contributed by atoms with van der Waals surface area (Å²) < 4.78 is 0. The summed E-state index contributed by atoms with van der Waals surface area (Å²) in [5.74, 6) is 0.486. The fourth-order valence-corrected chi connectivity index (χ4v) is 0.869. The van der Waals surface area contributed by atoms with Gasteiger partial charge in [-0.15, -0.1) is 0 Å². The quantitative estimate of drug-likeness (QED) is 0.486. The second kappa shape index (κ2) is 5.57. The van der Waals surface area contributed by atoms with E-state index in [9.17, 15) is 4.79 Å². The Kier molecular flexibility index (Phi) is 5.08. The first-order chi connectivity index (χ1) is 5.61. The van der Waals surface area contributed by atoms with Gasteiger partial charge in [0.05, 0.1) is 5.84 Å². The van der Waals surface area contributed by atoms with Gasteiger partial charge in [-0.25, -0.2) is 0 Å². The first-order valence-corrected chi connectivity index (χ1v) is 4.16. The number of amidine groups is 1. The lowest BCUT2D eigenvalue weighted by atomic mass is 10.4. The summed E-state index contributed by atoms with van der Waals surface area (Å²) in [6.45, 7) is 7.20. The molecule has 0 unspecified atom stereocenters. The summed E-state index contributed by atoms with van der Waals surface area (Å²) in [6, 6.07) is 0. The molecule has 0 fully saturated rings. The fraction of sp³-hybridized carbons (Fsp3) is 0.750. The van der Waals surface area contributed by atoms with Crippen molar-refractivity contribution < 1.29 is 4.79 Å². The van der Waals surface area contributed by atoms with Crippen molar-refractivity contribution in [3.8, 4) is 0 Å². The van der Waals surface area contributed by atoms with Crippen molar-refractivity contribution >= 4 is 11.7 Å². The Hall–Kier alpha value is -1.06. The lowest BCUT2D eigenvalue weighted by Crippen LogP contribution is -2.32. The monoisotopic (exact) mass is 171 g/mol. The van der Waals surface area contributed by atoms with Crippen LogP contribution < -0.4 is 5.73 Å². The molecule has 1 amide bonds. The van der Waals surface area contributed by atoms with Crippen LogP contribution in [0.15, 0.2) is 4.99 Å². The summed E-state index contributed by atoms with van der Waals surface area (Å²) in [5, 5.41) is 0. The molecule has 2 N–H and O–H groups in total. The number of nitrogens with zero attached hydrogens (tertiary/aromatic N) is 2. The predicted molar refractivity (Wildman–Crippen MR) is 50.1 cm³/mol. The smallest absolute Gasteiger partial charge is 0.244 e. The van der Waals surface area contributed by atoms with E-state index in [0.717, 1.165) is 13.1 Å². The van der Waals surface area contributed by atoms with Crippen molar-refractivity contribution in [3.05, 3.63) is 0 Å². The number of carbonyl (C=O) groups excluding carboxylic acids is 1. The normalized spacial score (nSPS) is 11.4. The SMILES string of the molecule is CCN(CC)C(=O)CN=C(C)N. The van der Waals surface area contributed by atoms with E-state index in [0.29, 0.717) is 5.84 Å². The average molecular weight is 171 g/mol. The minimum Gasteiger partial charge on any atom is -0.388 e. The van der Waals surface area contributed by atoms with Gasteiger partial charge in [0.2, 0.25) is 5.91 Å². The Bertz CT molecular complexity index is 169. The van der Waals surface area contributed by atoms with Gasteiger partial charge >= 0.3 is 0 Å². The number of nitrogens with two attached hydrogens (primary N) is 1. The molecule has 0 aliphatic heterocycles. The molecule has 12 heavy (non-hydrogen) atoms. The molecular formula is C8H17N3O. The molecule has 0 aromatic heterocycles. The minimum absolute atomic E-state index is 0.0322. The zero-order valence-corrected chi connectivity index (χ0v) is 8.00. The van der Waals surface area contributed by atoms with Gasteiger partial charge in [-0.1, -0.05) is 0 Å². The van der Waals surface area contributed by atoms with Crippen molar-refractivity contribution in [1.29, 1.82) is 0 Å². The van der Waals surface area contributed by atoms with E-state index in [2.05, 4.69) is 4.99 Å².